The first-order valence-electron chi connectivity index (χ1n) is 5.48. The Kier molecular flexibility index (Phi) is 4.64. The summed E-state index contributed by atoms with van der Waals surface area (Å²) in [5.41, 5.74) is 5.56. The maximum atomic E-state index is 11.6. The highest BCUT2D eigenvalue weighted by molar-refractivity contribution is 5.92. The highest BCUT2D eigenvalue weighted by Crippen LogP contribution is 2.16. The van der Waals surface area contributed by atoms with E-state index >= 15 is 0 Å². The second kappa shape index (κ2) is 5.99. The van der Waals surface area contributed by atoms with Crippen molar-refractivity contribution < 1.29 is 19.1 Å². The maximum absolute atomic E-state index is 11.6. The molecule has 8 nitrogen and oxygen atoms in total. The number of carbonyl (C=O) groups excluding carboxylic acids is 2. The summed E-state index contributed by atoms with van der Waals surface area (Å²) >= 11 is 0. The third-order valence-corrected chi connectivity index (χ3v) is 2.27. The van der Waals surface area contributed by atoms with Gasteiger partial charge in [0.25, 0.3) is 0 Å². The van der Waals surface area contributed by atoms with Gasteiger partial charge in [0.2, 0.25) is 5.69 Å². The molecule has 8 heteroatoms. The zero-order chi connectivity index (χ0) is 13.7. The van der Waals surface area contributed by atoms with Crippen molar-refractivity contribution in [1.82, 2.24) is 15.0 Å². The van der Waals surface area contributed by atoms with Gasteiger partial charge >= 0.3 is 11.9 Å². The fourth-order valence-corrected chi connectivity index (χ4v) is 1.25. The second-order valence-corrected chi connectivity index (χ2v) is 3.60. The van der Waals surface area contributed by atoms with Crippen LogP contribution in [0.3, 0.4) is 0 Å². The summed E-state index contributed by atoms with van der Waals surface area (Å²) in [5.74, 6) is -1.21. The Bertz CT molecular complexity index is 443. The molecule has 0 saturated carbocycles. The third kappa shape index (κ3) is 2.76. The van der Waals surface area contributed by atoms with Crippen LogP contribution in [0.1, 0.15) is 36.8 Å². The van der Waals surface area contributed by atoms with Gasteiger partial charge in [-0.1, -0.05) is 12.1 Å². The molecule has 1 heterocycles. The van der Waals surface area contributed by atoms with Gasteiger partial charge in [0, 0.05) is 0 Å². The van der Waals surface area contributed by atoms with E-state index in [1.54, 1.807) is 6.92 Å². The summed E-state index contributed by atoms with van der Waals surface area (Å²) in [6, 6.07) is -0.748. The third-order valence-electron chi connectivity index (χ3n) is 2.27. The zero-order valence-corrected chi connectivity index (χ0v) is 10.5. The van der Waals surface area contributed by atoms with Crippen LogP contribution in [0.5, 0.6) is 0 Å². The number of nitrogen functional groups attached to an aromatic ring is 1. The van der Waals surface area contributed by atoms with E-state index in [4.69, 9.17) is 10.5 Å². The Balaban J connectivity index is 2.87. The summed E-state index contributed by atoms with van der Waals surface area (Å²) in [4.78, 5) is 22.9. The Labute approximate surface area is 104 Å². The molecule has 0 aliphatic heterocycles. The van der Waals surface area contributed by atoms with Gasteiger partial charge in [0.05, 0.1) is 13.7 Å². The van der Waals surface area contributed by atoms with E-state index in [2.05, 4.69) is 15.0 Å². The Morgan fingerprint density at radius 2 is 2.17 bits per heavy atom. The smallest absolute Gasteiger partial charge is 0.362 e. The molecule has 1 atom stereocenters. The molecule has 1 unspecified atom stereocenters. The van der Waals surface area contributed by atoms with Crippen LogP contribution in [0.4, 0.5) is 5.82 Å². The topological polar surface area (TPSA) is 109 Å². The number of nitrogens with two attached hydrogens (primary N) is 1. The molecule has 0 aliphatic carbocycles. The monoisotopic (exact) mass is 256 g/mol. The number of aromatic nitrogens is 3. The van der Waals surface area contributed by atoms with Gasteiger partial charge in [0.15, 0.2) is 11.9 Å². The van der Waals surface area contributed by atoms with Crippen LogP contribution in [0.15, 0.2) is 0 Å². The Morgan fingerprint density at radius 1 is 1.50 bits per heavy atom. The van der Waals surface area contributed by atoms with Gasteiger partial charge in [-0.3, -0.25) is 0 Å². The highest BCUT2D eigenvalue weighted by atomic mass is 16.5. The van der Waals surface area contributed by atoms with Crippen LogP contribution >= 0.6 is 0 Å². The molecular weight excluding hydrogens is 240 g/mol. The van der Waals surface area contributed by atoms with E-state index in [1.807, 2.05) is 6.92 Å². The van der Waals surface area contributed by atoms with Gasteiger partial charge in [-0.05, 0) is 13.3 Å². The normalized spacial score (nSPS) is 11.9. The molecule has 100 valence electrons. The molecule has 0 amide bonds. The number of anilines is 1. The van der Waals surface area contributed by atoms with Crippen LogP contribution in [-0.4, -0.2) is 40.6 Å². The van der Waals surface area contributed by atoms with Gasteiger partial charge in [0.1, 0.15) is 0 Å². The molecule has 0 aromatic carbocycles. The molecule has 1 rings (SSSR count). The lowest BCUT2D eigenvalue weighted by molar-refractivity contribution is -0.147. The molecule has 0 spiro atoms. The molecule has 0 bridgehead atoms. The number of nitrogens with zero attached hydrogens (tertiary/aromatic N) is 3. The van der Waals surface area contributed by atoms with Gasteiger partial charge in [-0.2, -0.15) is 0 Å². The summed E-state index contributed by atoms with van der Waals surface area (Å²) in [7, 11) is 1.21. The van der Waals surface area contributed by atoms with Crippen molar-refractivity contribution in [3.05, 3.63) is 5.69 Å². The lowest BCUT2D eigenvalue weighted by Crippen LogP contribution is -2.22. The fourth-order valence-electron chi connectivity index (χ4n) is 1.25. The summed E-state index contributed by atoms with van der Waals surface area (Å²) in [6.45, 7) is 3.77. The van der Waals surface area contributed by atoms with Gasteiger partial charge < -0.3 is 15.2 Å². The number of methoxy groups -OCH3 is 1. The minimum atomic E-state index is -0.748. The average Bonchev–Trinajstić information content (AvgIpc) is 2.75. The average molecular weight is 256 g/mol. The first-order valence-corrected chi connectivity index (χ1v) is 5.48. The van der Waals surface area contributed by atoms with Crippen molar-refractivity contribution in [2.75, 3.05) is 19.5 Å². The van der Waals surface area contributed by atoms with Crippen LogP contribution in [-0.2, 0) is 14.3 Å². The molecule has 0 fully saturated rings. The van der Waals surface area contributed by atoms with E-state index in [1.165, 1.54) is 7.11 Å². The molecule has 0 aliphatic rings. The summed E-state index contributed by atoms with van der Waals surface area (Å²) < 4.78 is 10.6. The maximum Gasteiger partial charge on any atom is 0.362 e. The first-order chi connectivity index (χ1) is 8.52. The molecule has 0 radical (unpaired) electrons. The van der Waals surface area contributed by atoms with Crippen molar-refractivity contribution in [2.45, 2.75) is 26.3 Å². The van der Waals surface area contributed by atoms with Gasteiger partial charge in [-0.25, -0.2) is 14.3 Å². The highest BCUT2D eigenvalue weighted by Gasteiger charge is 2.25. The number of rotatable bonds is 5. The SMILES string of the molecule is CCCOC(=O)C(C)n1nnc(C(=O)OC)c1N. The second-order valence-electron chi connectivity index (χ2n) is 3.60. The standard InChI is InChI=1S/C10H16N4O4/c1-4-5-18-9(15)6(2)14-8(11)7(12-13-14)10(16)17-3/h6H,4-5,11H2,1-3H3. The lowest BCUT2D eigenvalue weighted by atomic mass is 10.3. The molecule has 18 heavy (non-hydrogen) atoms. The van der Waals surface area contributed by atoms with Crippen LogP contribution < -0.4 is 5.73 Å². The van der Waals surface area contributed by atoms with Crippen molar-refractivity contribution in [2.24, 2.45) is 0 Å². The predicted molar refractivity (Wildman–Crippen MR) is 61.7 cm³/mol. The molecule has 0 saturated heterocycles. The van der Waals surface area contributed by atoms with Crippen LogP contribution in [0, 0.1) is 0 Å². The molecule has 1 aromatic heterocycles. The zero-order valence-electron chi connectivity index (χ0n) is 10.5. The Hall–Kier alpha value is -2.12. The summed E-state index contributed by atoms with van der Waals surface area (Å²) in [5, 5.41) is 7.23. The van der Waals surface area contributed by atoms with Crippen LogP contribution in [0.25, 0.3) is 0 Å². The van der Waals surface area contributed by atoms with Crippen molar-refractivity contribution >= 4 is 17.8 Å². The first kappa shape index (κ1) is 13.9. The number of hydrogen-bond acceptors (Lipinski definition) is 7. The number of carbonyl (C=O) groups is 2. The van der Waals surface area contributed by atoms with E-state index in [-0.39, 0.29) is 11.5 Å². The largest absolute Gasteiger partial charge is 0.464 e. The molecule has 2 N–H and O–H groups in total. The molecule has 1 aromatic rings. The minimum Gasteiger partial charge on any atom is -0.464 e. The van der Waals surface area contributed by atoms with Crippen molar-refractivity contribution in [1.29, 1.82) is 0 Å². The number of esters is 2. The summed E-state index contributed by atoms with van der Waals surface area (Å²) in [6.07, 6.45) is 0.721. The van der Waals surface area contributed by atoms with E-state index < -0.39 is 18.0 Å². The quantitative estimate of drug-likeness (QED) is 0.747. The number of ether oxygens (including phenoxy) is 2. The van der Waals surface area contributed by atoms with E-state index in [0.717, 1.165) is 11.1 Å². The fraction of sp³-hybridized carbons (Fsp3) is 0.600. The minimum absolute atomic E-state index is 0.0252. The lowest BCUT2D eigenvalue weighted by Gasteiger charge is -2.11. The Morgan fingerprint density at radius 3 is 2.72 bits per heavy atom. The number of hydrogen-bond donors (Lipinski definition) is 1. The van der Waals surface area contributed by atoms with Crippen LogP contribution in [0.2, 0.25) is 0 Å². The molecular formula is C10H16N4O4. The van der Waals surface area contributed by atoms with E-state index in [9.17, 15) is 9.59 Å². The van der Waals surface area contributed by atoms with E-state index in [0.29, 0.717) is 6.61 Å². The van der Waals surface area contributed by atoms with Crippen molar-refractivity contribution in [3.63, 3.8) is 0 Å². The predicted octanol–water partition coefficient (Wildman–Crippen LogP) is 0.161. The van der Waals surface area contributed by atoms with Crippen molar-refractivity contribution in [3.8, 4) is 0 Å². The van der Waals surface area contributed by atoms with Gasteiger partial charge in [-0.15, -0.1) is 5.10 Å².